The van der Waals surface area contributed by atoms with Crippen LogP contribution in [0.2, 0.25) is 0 Å². The number of aliphatic carboxylic acids is 1. The van der Waals surface area contributed by atoms with Gasteiger partial charge in [0.25, 0.3) is 0 Å². The van der Waals surface area contributed by atoms with E-state index in [4.69, 9.17) is 5.11 Å². The van der Waals surface area contributed by atoms with Crippen molar-refractivity contribution in [3.63, 3.8) is 0 Å². The van der Waals surface area contributed by atoms with Crippen molar-refractivity contribution in [2.24, 2.45) is 5.92 Å². The normalized spacial score (nSPS) is 22.6. The molecule has 0 amide bonds. The van der Waals surface area contributed by atoms with Crippen LogP contribution >= 0.6 is 0 Å². The van der Waals surface area contributed by atoms with Crippen LogP contribution in [0.5, 0.6) is 5.75 Å². The molecule has 0 bridgehead atoms. The van der Waals surface area contributed by atoms with Gasteiger partial charge in [0, 0.05) is 0 Å². The van der Waals surface area contributed by atoms with Crippen LogP contribution in [-0.4, -0.2) is 23.9 Å². The summed E-state index contributed by atoms with van der Waals surface area (Å²) in [7, 11) is 0. The van der Waals surface area contributed by atoms with Gasteiger partial charge >= 0.3 is 12.1 Å². The minimum absolute atomic E-state index is 0.0285. The van der Waals surface area contributed by atoms with Crippen molar-refractivity contribution in [2.45, 2.75) is 18.5 Å². The third-order valence-corrected chi connectivity index (χ3v) is 2.82. The summed E-state index contributed by atoms with van der Waals surface area (Å²) in [6.07, 6.45) is -3.78. The number of carboxylic acid groups (broad SMARTS) is 1. The van der Waals surface area contributed by atoms with E-state index in [0.717, 1.165) is 5.56 Å². The van der Waals surface area contributed by atoms with Crippen molar-refractivity contribution in [2.75, 3.05) is 6.61 Å². The maximum absolute atomic E-state index is 11.9. The van der Waals surface area contributed by atoms with Crippen LogP contribution < -0.4 is 4.74 Å². The molecule has 6 heteroatoms. The van der Waals surface area contributed by atoms with Crippen LogP contribution in [0.1, 0.15) is 17.9 Å². The average Bonchev–Trinajstić information content (AvgIpc) is 3.06. The van der Waals surface area contributed by atoms with Gasteiger partial charge in [-0.15, -0.1) is 0 Å². The molecule has 0 unspecified atom stereocenters. The lowest BCUT2D eigenvalue weighted by Gasteiger charge is -2.09. The molecule has 0 spiro atoms. The molecule has 2 atom stereocenters. The van der Waals surface area contributed by atoms with Gasteiger partial charge in [-0.25, -0.2) is 0 Å². The molecule has 0 aliphatic heterocycles. The van der Waals surface area contributed by atoms with Crippen molar-refractivity contribution in [1.82, 2.24) is 0 Å². The van der Waals surface area contributed by atoms with Crippen molar-refractivity contribution in [3.05, 3.63) is 29.8 Å². The SMILES string of the molecule is O=C(O)[C@H]1C[C@H]1c1ccc(OCC(F)(F)F)cc1. The Hall–Kier alpha value is -1.72. The lowest BCUT2D eigenvalue weighted by Crippen LogP contribution is -2.19. The van der Waals surface area contributed by atoms with E-state index in [2.05, 4.69) is 4.74 Å². The summed E-state index contributed by atoms with van der Waals surface area (Å²) in [4.78, 5) is 10.7. The summed E-state index contributed by atoms with van der Waals surface area (Å²) in [5.41, 5.74) is 0.821. The van der Waals surface area contributed by atoms with E-state index in [9.17, 15) is 18.0 Å². The fourth-order valence-corrected chi connectivity index (χ4v) is 1.81. The molecule has 2 rings (SSSR count). The Morgan fingerprint density at radius 2 is 1.94 bits per heavy atom. The highest BCUT2D eigenvalue weighted by Gasteiger charge is 2.44. The number of benzene rings is 1. The predicted octanol–water partition coefficient (Wildman–Crippen LogP) is 2.82. The zero-order valence-electron chi connectivity index (χ0n) is 9.28. The topological polar surface area (TPSA) is 46.5 Å². The smallest absolute Gasteiger partial charge is 0.422 e. The molecule has 1 aromatic carbocycles. The number of rotatable bonds is 4. The number of halogens is 3. The van der Waals surface area contributed by atoms with Crippen LogP contribution in [0.3, 0.4) is 0 Å². The third-order valence-electron chi connectivity index (χ3n) is 2.82. The van der Waals surface area contributed by atoms with Gasteiger partial charge in [-0.05, 0) is 30.0 Å². The minimum atomic E-state index is -4.36. The molecule has 1 aliphatic carbocycles. The van der Waals surface area contributed by atoms with E-state index in [0.29, 0.717) is 6.42 Å². The van der Waals surface area contributed by atoms with Crippen molar-refractivity contribution < 1.29 is 27.8 Å². The van der Waals surface area contributed by atoms with Crippen molar-refractivity contribution in [1.29, 1.82) is 0 Å². The van der Waals surface area contributed by atoms with E-state index >= 15 is 0 Å². The Morgan fingerprint density at radius 3 is 2.39 bits per heavy atom. The van der Waals surface area contributed by atoms with Crippen molar-refractivity contribution >= 4 is 5.97 Å². The summed E-state index contributed by atoms with van der Waals surface area (Å²) in [6, 6.07) is 6.08. The zero-order valence-corrected chi connectivity index (χ0v) is 9.28. The molecular formula is C12H11F3O3. The third kappa shape index (κ3) is 3.15. The van der Waals surface area contributed by atoms with Crippen LogP contribution in [0, 0.1) is 5.92 Å². The highest BCUT2D eigenvalue weighted by atomic mass is 19.4. The number of hydrogen-bond donors (Lipinski definition) is 1. The van der Waals surface area contributed by atoms with E-state index < -0.39 is 18.8 Å². The summed E-state index contributed by atoms with van der Waals surface area (Å²) in [5, 5.41) is 8.76. The lowest BCUT2D eigenvalue weighted by atomic mass is 10.1. The fraction of sp³-hybridized carbons (Fsp3) is 0.417. The maximum Gasteiger partial charge on any atom is 0.422 e. The number of carbonyl (C=O) groups is 1. The Morgan fingerprint density at radius 1 is 1.33 bits per heavy atom. The Labute approximate surface area is 101 Å². The van der Waals surface area contributed by atoms with Gasteiger partial charge in [0.15, 0.2) is 6.61 Å². The lowest BCUT2D eigenvalue weighted by molar-refractivity contribution is -0.153. The second-order valence-electron chi connectivity index (χ2n) is 4.26. The second-order valence-corrected chi connectivity index (χ2v) is 4.26. The molecule has 0 heterocycles. The number of hydrogen-bond acceptors (Lipinski definition) is 2. The highest BCUT2D eigenvalue weighted by Crippen LogP contribution is 2.47. The minimum Gasteiger partial charge on any atom is -0.484 e. The zero-order chi connectivity index (χ0) is 13.3. The van der Waals surface area contributed by atoms with E-state index in [1.165, 1.54) is 12.1 Å². The van der Waals surface area contributed by atoms with E-state index in [-0.39, 0.29) is 17.6 Å². The molecule has 0 saturated heterocycles. The molecule has 1 aliphatic rings. The van der Waals surface area contributed by atoms with Gasteiger partial charge in [-0.1, -0.05) is 12.1 Å². The molecular weight excluding hydrogens is 249 g/mol. The maximum atomic E-state index is 11.9. The van der Waals surface area contributed by atoms with Crippen LogP contribution in [0.15, 0.2) is 24.3 Å². The standard InChI is InChI=1S/C12H11F3O3/c13-12(14,15)6-18-8-3-1-7(2-4-8)9-5-10(9)11(16)17/h1-4,9-10H,5-6H2,(H,16,17)/t9-,10-/m0/s1. The van der Waals surface area contributed by atoms with Gasteiger partial charge in [0.05, 0.1) is 5.92 Å². The van der Waals surface area contributed by atoms with Crippen molar-refractivity contribution in [3.8, 4) is 5.75 Å². The van der Waals surface area contributed by atoms with Crippen LogP contribution in [0.25, 0.3) is 0 Å². The predicted molar refractivity (Wildman–Crippen MR) is 56.5 cm³/mol. The number of alkyl halides is 3. The van der Waals surface area contributed by atoms with E-state index in [1.807, 2.05) is 0 Å². The summed E-state index contributed by atoms with van der Waals surface area (Å²) < 4.78 is 40.3. The number of carboxylic acids is 1. The van der Waals surface area contributed by atoms with Gasteiger partial charge in [-0.3, -0.25) is 4.79 Å². The first-order valence-corrected chi connectivity index (χ1v) is 5.39. The summed E-state index contributed by atoms with van der Waals surface area (Å²) in [6.45, 7) is -1.33. The van der Waals surface area contributed by atoms with Gasteiger partial charge in [0.2, 0.25) is 0 Å². The molecule has 1 saturated carbocycles. The monoisotopic (exact) mass is 260 g/mol. The van der Waals surface area contributed by atoms with Crippen LogP contribution in [-0.2, 0) is 4.79 Å². The summed E-state index contributed by atoms with van der Waals surface area (Å²) in [5.74, 6) is -1.10. The first-order valence-electron chi connectivity index (χ1n) is 5.39. The Kier molecular flexibility index (Phi) is 3.19. The fourth-order valence-electron chi connectivity index (χ4n) is 1.81. The second kappa shape index (κ2) is 4.51. The molecule has 1 fully saturated rings. The molecule has 3 nitrogen and oxygen atoms in total. The molecule has 0 aromatic heterocycles. The molecule has 18 heavy (non-hydrogen) atoms. The number of ether oxygens (including phenoxy) is 1. The van der Waals surface area contributed by atoms with E-state index in [1.54, 1.807) is 12.1 Å². The summed E-state index contributed by atoms with van der Waals surface area (Å²) >= 11 is 0. The molecule has 98 valence electrons. The average molecular weight is 260 g/mol. The Bertz CT molecular complexity index is 439. The molecule has 1 N–H and O–H groups in total. The van der Waals surface area contributed by atoms with Gasteiger partial charge < -0.3 is 9.84 Å². The highest BCUT2D eigenvalue weighted by molar-refractivity contribution is 5.75. The quantitative estimate of drug-likeness (QED) is 0.905. The van der Waals surface area contributed by atoms with Gasteiger partial charge in [0.1, 0.15) is 5.75 Å². The Balaban J connectivity index is 1.93. The first kappa shape index (κ1) is 12.7. The largest absolute Gasteiger partial charge is 0.484 e. The molecule has 0 radical (unpaired) electrons. The van der Waals surface area contributed by atoms with Gasteiger partial charge in [-0.2, -0.15) is 13.2 Å². The molecule has 1 aromatic rings. The van der Waals surface area contributed by atoms with Crippen LogP contribution in [0.4, 0.5) is 13.2 Å². The first-order chi connectivity index (χ1) is 8.37.